The van der Waals surface area contributed by atoms with E-state index in [-0.39, 0.29) is 12.0 Å². The van der Waals surface area contributed by atoms with Gasteiger partial charge in [0.05, 0.1) is 35.3 Å². The third kappa shape index (κ3) is 4.61. The molecule has 3 aromatic rings. The van der Waals surface area contributed by atoms with E-state index >= 15 is 0 Å². The molecule has 2 aromatic carbocycles. The lowest BCUT2D eigenvalue weighted by Gasteiger charge is -2.33. The number of hydrogen-bond acceptors (Lipinski definition) is 4. The lowest BCUT2D eigenvalue weighted by Crippen LogP contribution is -2.47. The van der Waals surface area contributed by atoms with Crippen molar-refractivity contribution in [2.45, 2.75) is 26.5 Å². The van der Waals surface area contributed by atoms with Crippen molar-refractivity contribution in [2.24, 2.45) is 0 Å². The van der Waals surface area contributed by atoms with E-state index < -0.39 is 0 Å². The molecule has 6 heteroatoms. The first-order chi connectivity index (χ1) is 14.6. The molecule has 1 N–H and O–H groups in total. The number of carbonyl (C=O) groups excluding carboxylic acids is 1. The topological polar surface area (TPSA) is 59.4 Å². The minimum atomic E-state index is -0.101. The summed E-state index contributed by atoms with van der Waals surface area (Å²) < 4.78 is 7.71. The number of amides is 1. The normalized spacial score (nSPS) is 17.1. The van der Waals surface area contributed by atoms with Crippen LogP contribution in [-0.2, 0) is 11.3 Å². The highest BCUT2D eigenvalue weighted by molar-refractivity contribution is 5.96. The SMILES string of the molecule is Cc1nn(-c2ccccc2)c(C)c1C(=O)NCC1CN(Cc2ccccc2)CCO1. The molecule has 1 aliphatic rings. The van der Waals surface area contributed by atoms with Crippen LogP contribution in [0.1, 0.15) is 27.3 Å². The fourth-order valence-electron chi connectivity index (χ4n) is 3.98. The van der Waals surface area contributed by atoms with Crippen LogP contribution in [0.5, 0.6) is 0 Å². The molecule has 1 fully saturated rings. The second-order valence-corrected chi connectivity index (χ2v) is 7.72. The van der Waals surface area contributed by atoms with Crippen LogP contribution in [0.15, 0.2) is 60.7 Å². The van der Waals surface area contributed by atoms with E-state index in [1.54, 1.807) is 0 Å². The van der Waals surface area contributed by atoms with Crippen molar-refractivity contribution in [3.8, 4) is 5.69 Å². The van der Waals surface area contributed by atoms with Crippen LogP contribution >= 0.6 is 0 Å². The second-order valence-electron chi connectivity index (χ2n) is 7.72. The molecular formula is C24H28N4O2. The zero-order chi connectivity index (χ0) is 20.9. The molecule has 1 unspecified atom stereocenters. The lowest BCUT2D eigenvalue weighted by molar-refractivity contribution is -0.0292. The zero-order valence-electron chi connectivity index (χ0n) is 17.5. The van der Waals surface area contributed by atoms with Crippen LogP contribution in [0, 0.1) is 13.8 Å². The Kier molecular flexibility index (Phi) is 6.26. The molecule has 2 heterocycles. The van der Waals surface area contributed by atoms with Crippen molar-refractivity contribution in [1.82, 2.24) is 20.0 Å². The Hall–Kier alpha value is -2.96. The Bertz CT molecular complexity index is 985. The van der Waals surface area contributed by atoms with E-state index in [2.05, 4.69) is 39.6 Å². The van der Waals surface area contributed by atoms with Gasteiger partial charge in [-0.1, -0.05) is 48.5 Å². The van der Waals surface area contributed by atoms with Gasteiger partial charge in [0.2, 0.25) is 0 Å². The molecule has 0 aliphatic carbocycles. The largest absolute Gasteiger partial charge is 0.374 e. The summed E-state index contributed by atoms with van der Waals surface area (Å²) in [6.07, 6.45) is -0.0174. The van der Waals surface area contributed by atoms with Crippen molar-refractivity contribution < 1.29 is 9.53 Å². The first-order valence-corrected chi connectivity index (χ1v) is 10.4. The number of aryl methyl sites for hydroxylation is 1. The Morgan fingerprint density at radius 3 is 2.53 bits per heavy atom. The van der Waals surface area contributed by atoms with Gasteiger partial charge in [-0.3, -0.25) is 9.69 Å². The number of morpholine rings is 1. The second kappa shape index (κ2) is 9.24. The minimum Gasteiger partial charge on any atom is -0.374 e. The average molecular weight is 405 g/mol. The van der Waals surface area contributed by atoms with E-state index in [1.165, 1.54) is 5.56 Å². The molecule has 6 nitrogen and oxygen atoms in total. The summed E-state index contributed by atoms with van der Waals surface area (Å²) in [4.78, 5) is 15.3. The Balaban J connectivity index is 1.37. The quantitative estimate of drug-likeness (QED) is 0.686. The van der Waals surface area contributed by atoms with E-state index in [0.29, 0.717) is 18.7 Å². The lowest BCUT2D eigenvalue weighted by atomic mass is 10.1. The third-order valence-corrected chi connectivity index (χ3v) is 5.48. The number of hydrogen-bond donors (Lipinski definition) is 1. The first-order valence-electron chi connectivity index (χ1n) is 10.4. The van der Waals surface area contributed by atoms with Gasteiger partial charge in [0.1, 0.15) is 0 Å². The number of rotatable bonds is 6. The molecule has 30 heavy (non-hydrogen) atoms. The fourth-order valence-corrected chi connectivity index (χ4v) is 3.98. The van der Waals surface area contributed by atoms with Crippen LogP contribution < -0.4 is 5.32 Å². The van der Waals surface area contributed by atoms with E-state index in [4.69, 9.17) is 4.74 Å². The van der Waals surface area contributed by atoms with Gasteiger partial charge in [-0.25, -0.2) is 4.68 Å². The maximum absolute atomic E-state index is 12.9. The van der Waals surface area contributed by atoms with Crippen LogP contribution in [0.4, 0.5) is 0 Å². The van der Waals surface area contributed by atoms with Gasteiger partial charge in [-0.15, -0.1) is 0 Å². The summed E-state index contributed by atoms with van der Waals surface area (Å²) in [6.45, 7) is 7.58. The van der Waals surface area contributed by atoms with Crippen molar-refractivity contribution in [3.63, 3.8) is 0 Å². The molecule has 0 radical (unpaired) electrons. The Labute approximate surface area is 177 Å². The molecular weight excluding hydrogens is 376 g/mol. The van der Waals surface area contributed by atoms with Crippen LogP contribution in [0.25, 0.3) is 5.69 Å². The Morgan fingerprint density at radius 1 is 1.10 bits per heavy atom. The number of ether oxygens (including phenoxy) is 1. The van der Waals surface area contributed by atoms with Gasteiger partial charge in [0, 0.05) is 26.2 Å². The molecule has 1 aromatic heterocycles. The number of para-hydroxylation sites is 1. The van der Waals surface area contributed by atoms with Crippen LogP contribution in [0.2, 0.25) is 0 Å². The number of benzene rings is 2. The smallest absolute Gasteiger partial charge is 0.255 e. The first kappa shape index (κ1) is 20.3. The highest BCUT2D eigenvalue weighted by Gasteiger charge is 2.23. The molecule has 0 bridgehead atoms. The van der Waals surface area contributed by atoms with Crippen molar-refractivity contribution in [2.75, 3.05) is 26.2 Å². The average Bonchev–Trinajstić information content (AvgIpc) is 3.08. The van der Waals surface area contributed by atoms with E-state index in [0.717, 1.165) is 36.7 Å². The Morgan fingerprint density at radius 2 is 1.80 bits per heavy atom. The third-order valence-electron chi connectivity index (χ3n) is 5.48. The van der Waals surface area contributed by atoms with Gasteiger partial charge in [-0.2, -0.15) is 5.10 Å². The predicted octanol–water partition coefficient (Wildman–Crippen LogP) is 3.12. The predicted molar refractivity (Wildman–Crippen MR) is 117 cm³/mol. The zero-order valence-corrected chi connectivity index (χ0v) is 17.5. The van der Waals surface area contributed by atoms with Crippen LogP contribution in [0.3, 0.4) is 0 Å². The molecule has 4 rings (SSSR count). The standard InChI is InChI=1S/C24H28N4O2/c1-18-23(19(2)28(26-18)21-11-7-4-8-12-21)24(29)25-15-22-17-27(13-14-30-22)16-20-9-5-3-6-10-20/h3-12,22H,13-17H2,1-2H3,(H,25,29). The minimum absolute atomic E-state index is 0.0174. The molecule has 1 aliphatic heterocycles. The van der Waals surface area contributed by atoms with Crippen molar-refractivity contribution >= 4 is 5.91 Å². The molecule has 1 atom stereocenters. The van der Waals surface area contributed by atoms with Crippen molar-refractivity contribution in [1.29, 1.82) is 0 Å². The van der Waals surface area contributed by atoms with E-state index in [9.17, 15) is 4.79 Å². The molecule has 156 valence electrons. The summed E-state index contributed by atoms with van der Waals surface area (Å²) in [7, 11) is 0. The highest BCUT2D eigenvalue weighted by Crippen LogP contribution is 2.18. The number of carbonyl (C=O) groups is 1. The van der Waals surface area contributed by atoms with Gasteiger partial charge in [0.25, 0.3) is 5.91 Å². The van der Waals surface area contributed by atoms with Crippen molar-refractivity contribution in [3.05, 3.63) is 83.2 Å². The maximum atomic E-state index is 12.9. The van der Waals surface area contributed by atoms with Gasteiger partial charge >= 0.3 is 0 Å². The molecule has 0 saturated carbocycles. The number of nitrogens with one attached hydrogen (secondary N) is 1. The monoisotopic (exact) mass is 404 g/mol. The summed E-state index contributed by atoms with van der Waals surface area (Å²) in [5.41, 5.74) is 4.44. The number of aromatic nitrogens is 2. The van der Waals surface area contributed by atoms with Crippen LogP contribution in [-0.4, -0.2) is 52.9 Å². The number of nitrogens with zero attached hydrogens (tertiary/aromatic N) is 3. The summed E-state index contributed by atoms with van der Waals surface area (Å²) in [5, 5.41) is 7.63. The molecule has 0 spiro atoms. The molecule has 1 saturated heterocycles. The molecule has 1 amide bonds. The van der Waals surface area contributed by atoms with Gasteiger partial charge < -0.3 is 10.1 Å². The van der Waals surface area contributed by atoms with Gasteiger partial charge in [-0.05, 0) is 31.5 Å². The maximum Gasteiger partial charge on any atom is 0.255 e. The fraction of sp³-hybridized carbons (Fsp3) is 0.333. The summed E-state index contributed by atoms with van der Waals surface area (Å²) in [6, 6.07) is 20.3. The highest BCUT2D eigenvalue weighted by atomic mass is 16.5. The van der Waals surface area contributed by atoms with Gasteiger partial charge in [0.15, 0.2) is 0 Å². The van der Waals surface area contributed by atoms with E-state index in [1.807, 2.05) is 54.9 Å². The summed E-state index contributed by atoms with van der Waals surface area (Å²) >= 11 is 0. The summed E-state index contributed by atoms with van der Waals surface area (Å²) in [5.74, 6) is -0.101.